The highest BCUT2D eigenvalue weighted by molar-refractivity contribution is 6.01. The molecule has 2 aromatic rings. The van der Waals surface area contributed by atoms with E-state index in [0.717, 1.165) is 11.1 Å². The standard InChI is InChI=1S/C17H21N3O4/c1-10-6-11(2)8-13(7-10)24-9-14(21)18-15-12(3)20(4)19-16(15)17(22)23-5/h6-8H,9H2,1-5H3,(H,18,21). The van der Waals surface area contributed by atoms with Crippen molar-refractivity contribution in [3.63, 3.8) is 0 Å². The molecular weight excluding hydrogens is 310 g/mol. The van der Waals surface area contributed by atoms with Crippen LogP contribution < -0.4 is 10.1 Å². The van der Waals surface area contributed by atoms with Gasteiger partial charge in [0.05, 0.1) is 18.5 Å². The van der Waals surface area contributed by atoms with Crippen molar-refractivity contribution in [2.24, 2.45) is 7.05 Å². The van der Waals surface area contributed by atoms with Crippen LogP contribution in [0.15, 0.2) is 18.2 Å². The van der Waals surface area contributed by atoms with Crippen LogP contribution in [0.3, 0.4) is 0 Å². The second-order valence-corrected chi connectivity index (χ2v) is 5.58. The zero-order valence-corrected chi connectivity index (χ0v) is 14.5. The number of rotatable bonds is 5. The lowest BCUT2D eigenvalue weighted by molar-refractivity contribution is -0.118. The van der Waals surface area contributed by atoms with Crippen molar-refractivity contribution in [2.75, 3.05) is 19.0 Å². The number of carbonyl (C=O) groups excluding carboxylic acids is 2. The van der Waals surface area contributed by atoms with Gasteiger partial charge in [-0.25, -0.2) is 4.79 Å². The van der Waals surface area contributed by atoms with Crippen molar-refractivity contribution in [2.45, 2.75) is 20.8 Å². The van der Waals surface area contributed by atoms with Gasteiger partial charge in [-0.15, -0.1) is 0 Å². The zero-order valence-electron chi connectivity index (χ0n) is 14.5. The summed E-state index contributed by atoms with van der Waals surface area (Å²) >= 11 is 0. The summed E-state index contributed by atoms with van der Waals surface area (Å²) in [5, 5.41) is 6.73. The maximum Gasteiger partial charge on any atom is 0.360 e. The van der Waals surface area contributed by atoms with E-state index in [0.29, 0.717) is 17.1 Å². The summed E-state index contributed by atoms with van der Waals surface area (Å²) in [4.78, 5) is 23.9. The van der Waals surface area contributed by atoms with Gasteiger partial charge in [0.25, 0.3) is 5.91 Å². The largest absolute Gasteiger partial charge is 0.484 e. The first-order valence-electron chi connectivity index (χ1n) is 7.44. The number of amides is 1. The molecule has 0 saturated carbocycles. The molecule has 24 heavy (non-hydrogen) atoms. The average Bonchev–Trinajstić information content (AvgIpc) is 2.79. The van der Waals surface area contributed by atoms with Crippen molar-refractivity contribution in [1.29, 1.82) is 0 Å². The number of aromatic nitrogens is 2. The molecule has 7 heteroatoms. The van der Waals surface area contributed by atoms with Crippen LogP contribution in [-0.2, 0) is 16.6 Å². The molecule has 1 N–H and O–H groups in total. The SMILES string of the molecule is COC(=O)c1nn(C)c(C)c1NC(=O)COc1cc(C)cc(C)c1. The number of benzene rings is 1. The molecule has 0 aliphatic carbocycles. The number of hydrogen-bond acceptors (Lipinski definition) is 5. The zero-order chi connectivity index (χ0) is 17.9. The Bertz CT molecular complexity index is 760. The van der Waals surface area contributed by atoms with Crippen molar-refractivity contribution >= 4 is 17.6 Å². The summed E-state index contributed by atoms with van der Waals surface area (Å²) in [6.45, 7) is 5.50. The molecule has 1 amide bonds. The van der Waals surface area contributed by atoms with Crippen LogP contribution in [0.4, 0.5) is 5.69 Å². The van der Waals surface area contributed by atoms with E-state index in [1.165, 1.54) is 11.8 Å². The molecule has 0 saturated heterocycles. The van der Waals surface area contributed by atoms with Crippen LogP contribution in [0.2, 0.25) is 0 Å². The van der Waals surface area contributed by atoms with Gasteiger partial charge < -0.3 is 14.8 Å². The predicted molar refractivity (Wildman–Crippen MR) is 89.3 cm³/mol. The Labute approximate surface area is 140 Å². The number of nitrogens with one attached hydrogen (secondary N) is 1. The summed E-state index contributed by atoms with van der Waals surface area (Å²) in [6.07, 6.45) is 0. The Balaban J connectivity index is 2.08. The van der Waals surface area contributed by atoms with Crippen LogP contribution >= 0.6 is 0 Å². The van der Waals surface area contributed by atoms with Crippen LogP contribution in [0.1, 0.15) is 27.3 Å². The van der Waals surface area contributed by atoms with E-state index in [4.69, 9.17) is 4.74 Å². The molecule has 0 bridgehead atoms. The Morgan fingerprint density at radius 2 is 1.79 bits per heavy atom. The van der Waals surface area contributed by atoms with Crippen molar-refractivity contribution in [3.05, 3.63) is 40.7 Å². The molecule has 0 spiro atoms. The Hall–Kier alpha value is -2.83. The minimum Gasteiger partial charge on any atom is -0.484 e. The lowest BCUT2D eigenvalue weighted by atomic mass is 10.1. The van der Waals surface area contributed by atoms with Crippen molar-refractivity contribution in [3.8, 4) is 5.75 Å². The summed E-state index contributed by atoms with van der Waals surface area (Å²) in [7, 11) is 2.95. The van der Waals surface area contributed by atoms with Gasteiger partial charge in [-0.3, -0.25) is 9.48 Å². The minimum atomic E-state index is -0.607. The van der Waals surface area contributed by atoms with Crippen LogP contribution in [0.25, 0.3) is 0 Å². The van der Waals surface area contributed by atoms with Crippen molar-refractivity contribution < 1.29 is 19.1 Å². The fraction of sp³-hybridized carbons (Fsp3) is 0.353. The average molecular weight is 331 g/mol. The number of hydrogen-bond donors (Lipinski definition) is 1. The number of anilines is 1. The molecular formula is C17H21N3O4. The smallest absolute Gasteiger partial charge is 0.360 e. The third-order valence-corrected chi connectivity index (χ3v) is 3.54. The first-order valence-corrected chi connectivity index (χ1v) is 7.44. The molecule has 128 valence electrons. The van der Waals surface area contributed by atoms with Gasteiger partial charge in [0, 0.05) is 7.05 Å². The highest BCUT2D eigenvalue weighted by Gasteiger charge is 2.22. The molecule has 2 rings (SSSR count). The van der Waals surface area contributed by atoms with E-state index in [-0.39, 0.29) is 18.2 Å². The number of aryl methyl sites for hydroxylation is 3. The quantitative estimate of drug-likeness (QED) is 0.849. The van der Waals surface area contributed by atoms with Gasteiger partial charge in [0.1, 0.15) is 5.75 Å². The van der Waals surface area contributed by atoms with Gasteiger partial charge in [-0.1, -0.05) is 6.07 Å². The molecule has 0 fully saturated rings. The molecule has 0 atom stereocenters. The van der Waals surface area contributed by atoms with Gasteiger partial charge in [0.2, 0.25) is 0 Å². The fourth-order valence-corrected chi connectivity index (χ4v) is 2.34. The first-order chi connectivity index (χ1) is 11.3. The highest BCUT2D eigenvalue weighted by Crippen LogP contribution is 2.21. The monoisotopic (exact) mass is 331 g/mol. The van der Waals surface area contributed by atoms with Gasteiger partial charge in [-0.05, 0) is 44.0 Å². The second kappa shape index (κ2) is 7.16. The summed E-state index contributed by atoms with van der Waals surface area (Å²) in [5.41, 5.74) is 3.16. The number of nitrogens with zero attached hydrogens (tertiary/aromatic N) is 2. The van der Waals surface area contributed by atoms with E-state index in [9.17, 15) is 9.59 Å². The predicted octanol–water partition coefficient (Wildman–Crippen LogP) is 2.15. The molecule has 0 radical (unpaired) electrons. The second-order valence-electron chi connectivity index (χ2n) is 5.58. The Kier molecular flexibility index (Phi) is 5.23. The third-order valence-electron chi connectivity index (χ3n) is 3.54. The van der Waals surface area contributed by atoms with Gasteiger partial charge in [-0.2, -0.15) is 5.10 Å². The highest BCUT2D eigenvalue weighted by atomic mass is 16.5. The molecule has 1 heterocycles. The number of ether oxygens (including phenoxy) is 2. The summed E-state index contributed by atoms with van der Waals surface area (Å²) in [5.74, 6) is -0.363. The van der Waals surface area contributed by atoms with Crippen LogP contribution in [-0.4, -0.2) is 35.4 Å². The summed E-state index contributed by atoms with van der Waals surface area (Å²) < 4.78 is 11.7. The van der Waals surface area contributed by atoms with Gasteiger partial charge >= 0.3 is 5.97 Å². The maximum atomic E-state index is 12.2. The Morgan fingerprint density at radius 1 is 1.17 bits per heavy atom. The third kappa shape index (κ3) is 3.92. The van der Waals surface area contributed by atoms with Crippen molar-refractivity contribution in [1.82, 2.24) is 9.78 Å². The summed E-state index contributed by atoms with van der Waals surface area (Å²) in [6, 6.07) is 5.74. The topological polar surface area (TPSA) is 82.5 Å². The normalized spacial score (nSPS) is 10.4. The number of methoxy groups -OCH3 is 1. The number of esters is 1. The van der Waals surface area contributed by atoms with E-state index in [1.807, 2.05) is 32.0 Å². The van der Waals surface area contributed by atoms with E-state index in [1.54, 1.807) is 14.0 Å². The van der Waals surface area contributed by atoms with E-state index >= 15 is 0 Å². The molecule has 0 unspecified atom stereocenters. The number of carbonyl (C=O) groups is 2. The molecule has 7 nitrogen and oxygen atoms in total. The van der Waals surface area contributed by atoms with E-state index < -0.39 is 5.97 Å². The Morgan fingerprint density at radius 3 is 2.38 bits per heavy atom. The molecule has 1 aromatic heterocycles. The first kappa shape index (κ1) is 17.5. The van der Waals surface area contributed by atoms with Crippen LogP contribution in [0, 0.1) is 20.8 Å². The molecule has 0 aliphatic rings. The maximum absolute atomic E-state index is 12.2. The molecule has 0 aliphatic heterocycles. The van der Waals surface area contributed by atoms with Crippen LogP contribution in [0.5, 0.6) is 5.75 Å². The fourth-order valence-electron chi connectivity index (χ4n) is 2.34. The van der Waals surface area contributed by atoms with E-state index in [2.05, 4.69) is 15.2 Å². The lowest BCUT2D eigenvalue weighted by Crippen LogP contribution is -2.22. The lowest BCUT2D eigenvalue weighted by Gasteiger charge is -2.09. The molecule has 1 aromatic carbocycles. The minimum absolute atomic E-state index is 0.0669. The van der Waals surface area contributed by atoms with Gasteiger partial charge in [0.15, 0.2) is 12.3 Å².